The summed E-state index contributed by atoms with van der Waals surface area (Å²) in [6.45, 7) is 0.126. The lowest BCUT2D eigenvalue weighted by Crippen LogP contribution is -2.29. The van der Waals surface area contributed by atoms with Gasteiger partial charge in [0.25, 0.3) is 11.6 Å². The van der Waals surface area contributed by atoms with Crippen LogP contribution in [0.2, 0.25) is 0 Å². The Morgan fingerprint density at radius 1 is 1.03 bits per heavy atom. The number of nitrogens with one attached hydrogen (secondary N) is 2. The number of hydrazine groups is 1. The van der Waals surface area contributed by atoms with Crippen molar-refractivity contribution in [3.63, 3.8) is 0 Å². The number of rotatable bonds is 7. The molecule has 0 fully saturated rings. The Labute approximate surface area is 178 Å². The summed E-state index contributed by atoms with van der Waals surface area (Å²) in [6.07, 6.45) is -4.75. The van der Waals surface area contributed by atoms with Crippen LogP contribution in [0, 0.1) is 15.9 Å². The number of nitro benzene ring substituents is 1. The molecule has 3 aromatic carbocycles. The minimum Gasteiger partial charge on any atom is -0.489 e. The van der Waals surface area contributed by atoms with Crippen LogP contribution in [0.15, 0.2) is 66.7 Å². The molecule has 0 atom stereocenters. The SMILES string of the molecule is O=C(NNc1ccc(C(F)(F)F)cc1[N+](=O)[O-])c1cccc(OCc2ccc(F)cc2)c1. The number of hydrogen-bond acceptors (Lipinski definition) is 5. The van der Waals surface area contributed by atoms with Crippen molar-refractivity contribution in [2.24, 2.45) is 0 Å². The molecule has 0 bridgehead atoms. The lowest BCUT2D eigenvalue weighted by Gasteiger charge is -2.12. The predicted molar refractivity (Wildman–Crippen MR) is 106 cm³/mol. The molecule has 0 aromatic heterocycles. The third-order valence-corrected chi connectivity index (χ3v) is 4.25. The van der Waals surface area contributed by atoms with Crippen molar-refractivity contribution in [2.75, 3.05) is 5.43 Å². The van der Waals surface area contributed by atoms with E-state index in [0.717, 1.165) is 6.07 Å². The van der Waals surface area contributed by atoms with Gasteiger partial charge in [-0.25, -0.2) is 4.39 Å². The summed E-state index contributed by atoms with van der Waals surface area (Å²) in [5, 5.41) is 11.1. The monoisotopic (exact) mass is 449 g/mol. The fraction of sp³-hybridized carbons (Fsp3) is 0.0952. The lowest BCUT2D eigenvalue weighted by atomic mass is 10.1. The largest absolute Gasteiger partial charge is 0.489 e. The van der Waals surface area contributed by atoms with Gasteiger partial charge in [-0.3, -0.25) is 25.8 Å². The van der Waals surface area contributed by atoms with Crippen LogP contribution in [0.5, 0.6) is 5.75 Å². The molecule has 0 saturated carbocycles. The van der Waals surface area contributed by atoms with Crippen LogP contribution in [-0.2, 0) is 12.8 Å². The first-order valence-corrected chi connectivity index (χ1v) is 9.03. The highest BCUT2D eigenvalue weighted by Crippen LogP contribution is 2.34. The smallest absolute Gasteiger partial charge is 0.416 e. The molecule has 7 nitrogen and oxygen atoms in total. The Hall–Kier alpha value is -4.15. The molecule has 0 saturated heterocycles. The maximum atomic E-state index is 12.9. The number of nitro groups is 1. The zero-order chi connectivity index (χ0) is 23.3. The van der Waals surface area contributed by atoms with Gasteiger partial charge in [0.1, 0.15) is 23.9 Å². The van der Waals surface area contributed by atoms with Gasteiger partial charge in [-0.15, -0.1) is 0 Å². The number of anilines is 1. The number of alkyl halides is 3. The van der Waals surface area contributed by atoms with Crippen LogP contribution in [0.4, 0.5) is 28.9 Å². The van der Waals surface area contributed by atoms with Gasteiger partial charge < -0.3 is 4.74 Å². The van der Waals surface area contributed by atoms with E-state index in [4.69, 9.17) is 4.74 Å². The van der Waals surface area contributed by atoms with Crippen molar-refractivity contribution in [1.82, 2.24) is 5.43 Å². The van der Waals surface area contributed by atoms with E-state index in [9.17, 15) is 32.5 Å². The van der Waals surface area contributed by atoms with Crippen molar-refractivity contribution in [3.05, 3.63) is 99.4 Å². The van der Waals surface area contributed by atoms with Crippen LogP contribution in [-0.4, -0.2) is 10.8 Å². The number of nitrogens with zero attached hydrogens (tertiary/aromatic N) is 1. The van der Waals surface area contributed by atoms with Crippen LogP contribution < -0.4 is 15.6 Å². The second-order valence-electron chi connectivity index (χ2n) is 6.51. The highest BCUT2D eigenvalue weighted by Gasteiger charge is 2.33. The zero-order valence-corrected chi connectivity index (χ0v) is 16.2. The standard InChI is InChI=1S/C21H15F4N3O4/c22-16-7-4-13(5-8-16)12-32-17-3-1-2-14(10-17)20(29)27-26-18-9-6-15(21(23,24)25)11-19(18)28(30)31/h1-11,26H,12H2,(H,27,29). The lowest BCUT2D eigenvalue weighted by molar-refractivity contribution is -0.384. The molecule has 0 heterocycles. The predicted octanol–water partition coefficient (Wildman–Crippen LogP) is 5.09. The summed E-state index contributed by atoms with van der Waals surface area (Å²) >= 11 is 0. The first-order chi connectivity index (χ1) is 15.1. The van der Waals surface area contributed by atoms with Crippen molar-refractivity contribution in [2.45, 2.75) is 12.8 Å². The molecule has 0 spiro atoms. The molecule has 11 heteroatoms. The van der Waals surface area contributed by atoms with Crippen LogP contribution in [0.1, 0.15) is 21.5 Å². The van der Waals surface area contributed by atoms with E-state index in [1.807, 2.05) is 0 Å². The summed E-state index contributed by atoms with van der Waals surface area (Å²) in [7, 11) is 0. The van der Waals surface area contributed by atoms with E-state index in [-0.39, 0.29) is 23.7 Å². The summed E-state index contributed by atoms with van der Waals surface area (Å²) < 4.78 is 56.9. The van der Waals surface area contributed by atoms with Crippen LogP contribution in [0.25, 0.3) is 0 Å². The van der Waals surface area contributed by atoms with Gasteiger partial charge >= 0.3 is 6.18 Å². The molecule has 2 N–H and O–H groups in total. The molecule has 3 rings (SSSR count). The van der Waals surface area contributed by atoms with Gasteiger partial charge in [-0.05, 0) is 48.0 Å². The molecule has 3 aromatic rings. The fourth-order valence-corrected chi connectivity index (χ4v) is 2.64. The van der Waals surface area contributed by atoms with E-state index < -0.39 is 28.3 Å². The molecule has 0 radical (unpaired) electrons. The van der Waals surface area contributed by atoms with E-state index in [1.165, 1.54) is 30.3 Å². The average molecular weight is 449 g/mol. The van der Waals surface area contributed by atoms with E-state index >= 15 is 0 Å². The molecule has 0 aliphatic heterocycles. The fourth-order valence-electron chi connectivity index (χ4n) is 2.64. The van der Waals surface area contributed by atoms with Crippen molar-refractivity contribution >= 4 is 17.3 Å². The highest BCUT2D eigenvalue weighted by molar-refractivity contribution is 5.95. The van der Waals surface area contributed by atoms with E-state index in [2.05, 4.69) is 10.9 Å². The minimum absolute atomic E-state index is 0.126. The summed E-state index contributed by atoms with van der Waals surface area (Å²) in [5.41, 5.74) is 2.95. The number of ether oxygens (including phenoxy) is 1. The molecule has 0 aliphatic rings. The third kappa shape index (κ3) is 5.72. The Bertz CT molecular complexity index is 1130. The molecule has 0 aliphatic carbocycles. The summed E-state index contributed by atoms with van der Waals surface area (Å²) in [5.74, 6) is -0.748. The Kier molecular flexibility index (Phi) is 6.57. The maximum Gasteiger partial charge on any atom is 0.416 e. The molecular weight excluding hydrogens is 434 g/mol. The number of carbonyl (C=O) groups excluding carboxylic acids is 1. The third-order valence-electron chi connectivity index (χ3n) is 4.25. The topological polar surface area (TPSA) is 93.5 Å². The first kappa shape index (κ1) is 22.5. The highest BCUT2D eigenvalue weighted by atomic mass is 19.4. The van der Waals surface area contributed by atoms with Gasteiger partial charge in [0.2, 0.25) is 0 Å². The van der Waals surface area contributed by atoms with Gasteiger partial charge in [0.05, 0.1) is 10.5 Å². The van der Waals surface area contributed by atoms with Crippen molar-refractivity contribution in [1.29, 1.82) is 0 Å². The number of carbonyl (C=O) groups is 1. The second kappa shape index (κ2) is 9.33. The number of hydrogen-bond donors (Lipinski definition) is 2. The summed E-state index contributed by atoms with van der Waals surface area (Å²) in [4.78, 5) is 22.5. The van der Waals surface area contributed by atoms with Crippen molar-refractivity contribution < 1.29 is 32.0 Å². The van der Waals surface area contributed by atoms with Crippen LogP contribution in [0.3, 0.4) is 0 Å². The Balaban J connectivity index is 1.67. The maximum absolute atomic E-state index is 12.9. The first-order valence-electron chi connectivity index (χ1n) is 9.03. The summed E-state index contributed by atoms with van der Waals surface area (Å²) in [6, 6.07) is 13.5. The van der Waals surface area contributed by atoms with Crippen molar-refractivity contribution in [3.8, 4) is 5.75 Å². The minimum atomic E-state index is -4.75. The number of benzene rings is 3. The molecule has 1 amide bonds. The molecule has 0 unspecified atom stereocenters. The van der Waals surface area contributed by atoms with E-state index in [0.29, 0.717) is 23.4 Å². The van der Waals surface area contributed by atoms with E-state index in [1.54, 1.807) is 18.2 Å². The molecular formula is C21H15F4N3O4. The van der Waals surface area contributed by atoms with Crippen LogP contribution >= 0.6 is 0 Å². The zero-order valence-electron chi connectivity index (χ0n) is 16.2. The quantitative estimate of drug-likeness (QED) is 0.298. The number of halogens is 4. The Morgan fingerprint density at radius 3 is 2.41 bits per heavy atom. The van der Waals surface area contributed by atoms with Gasteiger partial charge in [-0.1, -0.05) is 18.2 Å². The van der Waals surface area contributed by atoms with Gasteiger partial charge in [0, 0.05) is 11.6 Å². The van der Waals surface area contributed by atoms with Gasteiger partial charge in [-0.2, -0.15) is 13.2 Å². The Morgan fingerprint density at radius 2 is 1.75 bits per heavy atom. The number of amides is 1. The second-order valence-corrected chi connectivity index (χ2v) is 6.51. The molecule has 32 heavy (non-hydrogen) atoms. The normalized spacial score (nSPS) is 11.0. The average Bonchev–Trinajstić information content (AvgIpc) is 2.76. The molecule has 166 valence electrons. The van der Waals surface area contributed by atoms with Gasteiger partial charge in [0.15, 0.2) is 0 Å².